The fourth-order valence-corrected chi connectivity index (χ4v) is 2.80. The third kappa shape index (κ3) is 2.67. The molecule has 0 aliphatic carbocycles. The number of nitro benzene ring substituents is 1. The number of nitro groups is 1. The maximum Gasteiger partial charge on any atom is 0.271 e. The Labute approximate surface area is 98.7 Å². The van der Waals surface area contributed by atoms with E-state index in [1.807, 2.05) is 0 Å². The Kier molecular flexibility index (Phi) is 3.37. The van der Waals surface area contributed by atoms with Crippen LogP contribution in [0, 0.1) is 17.0 Å². The van der Waals surface area contributed by atoms with Crippen molar-refractivity contribution in [2.75, 3.05) is 0 Å². The fraction of sp³-hybridized carbons (Fsp3) is 0.143. The molecular weight excluding hydrogens is 310 g/mol. The lowest BCUT2D eigenvalue weighted by Crippen LogP contribution is -1.98. The first kappa shape index (κ1) is 12.4. The first-order valence-corrected chi connectivity index (χ1v) is 6.73. The van der Waals surface area contributed by atoms with Gasteiger partial charge in [-0.2, -0.15) is 0 Å². The van der Waals surface area contributed by atoms with Gasteiger partial charge in [0.2, 0.25) is 0 Å². The van der Waals surface area contributed by atoms with Crippen LogP contribution in [0.1, 0.15) is 5.56 Å². The second kappa shape index (κ2) is 4.07. The summed E-state index contributed by atoms with van der Waals surface area (Å²) in [6.07, 6.45) is 0. The second-order valence-electron chi connectivity index (χ2n) is 2.75. The standard InChI is InChI=1S/C7H5BrClNO4S/c1-4-6(8)2-5(10(11)12)3-7(4)15(9,13)14/h2-3H,1H3. The van der Waals surface area contributed by atoms with Crippen LogP contribution in [0.15, 0.2) is 21.5 Å². The van der Waals surface area contributed by atoms with Crippen LogP contribution < -0.4 is 0 Å². The van der Waals surface area contributed by atoms with Crippen LogP contribution in [0.4, 0.5) is 5.69 Å². The molecule has 0 unspecified atom stereocenters. The highest BCUT2D eigenvalue weighted by Crippen LogP contribution is 2.30. The molecule has 1 rings (SSSR count). The molecule has 15 heavy (non-hydrogen) atoms. The average molecular weight is 315 g/mol. The van der Waals surface area contributed by atoms with Gasteiger partial charge < -0.3 is 0 Å². The van der Waals surface area contributed by atoms with Gasteiger partial charge in [-0.1, -0.05) is 15.9 Å². The van der Waals surface area contributed by atoms with Gasteiger partial charge in [0.05, 0.1) is 9.82 Å². The average Bonchev–Trinajstić information content (AvgIpc) is 2.06. The number of hydrogen-bond acceptors (Lipinski definition) is 4. The summed E-state index contributed by atoms with van der Waals surface area (Å²) in [5.41, 5.74) is 0.0160. The molecule has 0 amide bonds. The first-order chi connectivity index (χ1) is 6.73. The molecule has 0 saturated carbocycles. The summed E-state index contributed by atoms with van der Waals surface area (Å²) in [7, 11) is 1.17. The number of benzene rings is 1. The zero-order chi connectivity index (χ0) is 11.8. The number of hydrogen-bond donors (Lipinski definition) is 0. The van der Waals surface area contributed by atoms with E-state index in [1.165, 1.54) is 13.0 Å². The van der Waals surface area contributed by atoms with Crippen molar-refractivity contribution in [1.82, 2.24) is 0 Å². The van der Waals surface area contributed by atoms with E-state index in [0.717, 1.165) is 6.07 Å². The van der Waals surface area contributed by atoms with Gasteiger partial charge >= 0.3 is 0 Å². The van der Waals surface area contributed by atoms with E-state index >= 15 is 0 Å². The Morgan fingerprint density at radius 2 is 2.00 bits per heavy atom. The van der Waals surface area contributed by atoms with Crippen LogP contribution in [-0.4, -0.2) is 13.3 Å². The van der Waals surface area contributed by atoms with Gasteiger partial charge in [-0.05, 0) is 12.5 Å². The van der Waals surface area contributed by atoms with E-state index in [-0.39, 0.29) is 10.6 Å². The largest absolute Gasteiger partial charge is 0.271 e. The van der Waals surface area contributed by atoms with Crippen molar-refractivity contribution in [2.45, 2.75) is 11.8 Å². The molecule has 0 fully saturated rings. The number of halogens is 2. The van der Waals surface area contributed by atoms with E-state index in [2.05, 4.69) is 15.9 Å². The van der Waals surface area contributed by atoms with Gasteiger partial charge in [0, 0.05) is 27.3 Å². The Balaban J connectivity index is 3.59. The lowest BCUT2D eigenvalue weighted by Gasteiger charge is -2.03. The molecule has 1 aromatic carbocycles. The topological polar surface area (TPSA) is 77.3 Å². The van der Waals surface area contributed by atoms with Crippen molar-refractivity contribution in [3.05, 3.63) is 32.3 Å². The molecule has 1 aromatic rings. The van der Waals surface area contributed by atoms with Crippen molar-refractivity contribution < 1.29 is 13.3 Å². The summed E-state index contributed by atoms with van der Waals surface area (Å²) >= 11 is 3.03. The molecule has 0 spiro atoms. The van der Waals surface area contributed by atoms with Crippen molar-refractivity contribution in [1.29, 1.82) is 0 Å². The maximum absolute atomic E-state index is 11.1. The zero-order valence-corrected chi connectivity index (χ0v) is 10.6. The Bertz CT molecular complexity index is 528. The molecule has 0 aliphatic heterocycles. The highest BCUT2D eigenvalue weighted by molar-refractivity contribution is 9.10. The fourth-order valence-electron chi connectivity index (χ4n) is 0.999. The lowest BCUT2D eigenvalue weighted by molar-refractivity contribution is -0.385. The summed E-state index contributed by atoms with van der Waals surface area (Å²) in [6.45, 7) is 1.50. The first-order valence-electron chi connectivity index (χ1n) is 3.62. The van der Waals surface area contributed by atoms with E-state index in [0.29, 0.717) is 10.0 Å². The summed E-state index contributed by atoms with van der Waals surface area (Å²) in [5, 5.41) is 10.5. The summed E-state index contributed by atoms with van der Waals surface area (Å²) in [5.74, 6) is 0. The minimum Gasteiger partial charge on any atom is -0.258 e. The molecule has 0 aliphatic rings. The van der Waals surface area contributed by atoms with Crippen LogP contribution in [-0.2, 0) is 9.05 Å². The quantitative estimate of drug-likeness (QED) is 0.477. The van der Waals surface area contributed by atoms with Gasteiger partial charge in [0.1, 0.15) is 0 Å². The number of rotatable bonds is 2. The second-order valence-corrected chi connectivity index (χ2v) is 6.13. The van der Waals surface area contributed by atoms with Gasteiger partial charge in [-0.15, -0.1) is 0 Å². The van der Waals surface area contributed by atoms with Gasteiger partial charge in [-0.3, -0.25) is 10.1 Å². The van der Waals surface area contributed by atoms with Crippen molar-refractivity contribution in [3.8, 4) is 0 Å². The van der Waals surface area contributed by atoms with Gasteiger partial charge in [0.15, 0.2) is 0 Å². The van der Waals surface area contributed by atoms with Crippen molar-refractivity contribution in [3.63, 3.8) is 0 Å². The van der Waals surface area contributed by atoms with Crippen LogP contribution in [0.5, 0.6) is 0 Å². The minimum absolute atomic E-state index is 0.259. The van der Waals surface area contributed by atoms with Crippen LogP contribution in [0.3, 0.4) is 0 Å². The SMILES string of the molecule is Cc1c(Br)cc([N+](=O)[O-])cc1S(=O)(=O)Cl. The molecule has 8 heteroatoms. The van der Waals surface area contributed by atoms with E-state index in [4.69, 9.17) is 10.7 Å². The summed E-state index contributed by atoms with van der Waals surface area (Å²) in [4.78, 5) is 9.55. The maximum atomic E-state index is 11.1. The smallest absolute Gasteiger partial charge is 0.258 e. The van der Waals surface area contributed by atoms with Gasteiger partial charge in [-0.25, -0.2) is 8.42 Å². The van der Waals surface area contributed by atoms with Crippen LogP contribution >= 0.6 is 26.6 Å². The molecule has 0 heterocycles. The van der Waals surface area contributed by atoms with E-state index < -0.39 is 14.0 Å². The molecule has 5 nitrogen and oxygen atoms in total. The van der Waals surface area contributed by atoms with Crippen molar-refractivity contribution in [2.24, 2.45) is 0 Å². The molecule has 0 bridgehead atoms. The Morgan fingerprint density at radius 3 is 2.40 bits per heavy atom. The highest BCUT2D eigenvalue weighted by atomic mass is 79.9. The molecule has 0 radical (unpaired) electrons. The van der Waals surface area contributed by atoms with Crippen molar-refractivity contribution >= 4 is 41.4 Å². The summed E-state index contributed by atoms with van der Waals surface area (Å²) in [6, 6.07) is 2.16. The molecule has 0 aromatic heterocycles. The van der Waals surface area contributed by atoms with E-state index in [9.17, 15) is 18.5 Å². The monoisotopic (exact) mass is 313 g/mol. The third-order valence-electron chi connectivity index (χ3n) is 1.75. The molecular formula is C7H5BrClNO4S. The summed E-state index contributed by atoms with van der Waals surface area (Å²) < 4.78 is 22.5. The predicted molar refractivity (Wildman–Crippen MR) is 58.6 cm³/mol. The Hall–Kier alpha value is -0.660. The molecule has 82 valence electrons. The van der Waals surface area contributed by atoms with Crippen LogP contribution in [0.25, 0.3) is 0 Å². The Morgan fingerprint density at radius 1 is 1.47 bits per heavy atom. The van der Waals surface area contributed by atoms with Gasteiger partial charge in [0.25, 0.3) is 14.7 Å². The van der Waals surface area contributed by atoms with Crippen LogP contribution in [0.2, 0.25) is 0 Å². The lowest BCUT2D eigenvalue weighted by atomic mass is 10.2. The highest BCUT2D eigenvalue weighted by Gasteiger charge is 2.20. The zero-order valence-electron chi connectivity index (χ0n) is 7.40. The predicted octanol–water partition coefficient (Wildman–Crippen LogP) is 2.59. The van der Waals surface area contributed by atoms with E-state index in [1.54, 1.807) is 0 Å². The third-order valence-corrected chi connectivity index (χ3v) is 4.03. The number of non-ortho nitro benzene ring substituents is 1. The molecule has 0 atom stereocenters. The number of nitrogens with zero attached hydrogens (tertiary/aromatic N) is 1. The normalized spacial score (nSPS) is 11.4. The molecule has 0 N–H and O–H groups in total. The molecule has 0 saturated heterocycles. The minimum atomic E-state index is -3.97.